The summed E-state index contributed by atoms with van der Waals surface area (Å²) in [5.41, 5.74) is 1.82. The van der Waals surface area contributed by atoms with E-state index in [1.165, 1.54) is 0 Å². The van der Waals surface area contributed by atoms with Gasteiger partial charge in [0, 0.05) is 16.6 Å². The van der Waals surface area contributed by atoms with Gasteiger partial charge in [-0.15, -0.1) is 0 Å². The van der Waals surface area contributed by atoms with Crippen molar-refractivity contribution >= 4 is 27.5 Å². The summed E-state index contributed by atoms with van der Waals surface area (Å²) < 4.78 is 0.973. The lowest BCUT2D eigenvalue weighted by molar-refractivity contribution is -0.116. The van der Waals surface area contributed by atoms with Crippen LogP contribution in [0.4, 0.5) is 5.69 Å². The number of amides is 1. The van der Waals surface area contributed by atoms with Gasteiger partial charge in [-0.3, -0.25) is 4.79 Å². The zero-order chi connectivity index (χ0) is 12.1. The summed E-state index contributed by atoms with van der Waals surface area (Å²) >= 11 is 3.41. The Bertz CT molecular complexity index is 377. The van der Waals surface area contributed by atoms with E-state index in [2.05, 4.69) is 21.2 Å². The van der Waals surface area contributed by atoms with Crippen LogP contribution in [0.2, 0.25) is 0 Å². The Hall–Kier alpha value is -0.870. The monoisotopic (exact) mass is 285 g/mol. The van der Waals surface area contributed by atoms with E-state index in [1.54, 1.807) is 6.92 Å². The van der Waals surface area contributed by atoms with Gasteiger partial charge < -0.3 is 10.4 Å². The molecular weight excluding hydrogens is 270 g/mol. The highest BCUT2D eigenvalue weighted by atomic mass is 79.9. The maximum Gasteiger partial charge on any atom is 0.224 e. The predicted molar refractivity (Wildman–Crippen MR) is 68.4 cm³/mol. The standard InChI is InChI=1S/C12H16BrNO2/c1-8(15)6-7-12(16)14-11-5-3-4-10(13)9(11)2/h3-5,8,15H,6-7H2,1-2H3,(H,14,16). The number of carbonyl (C=O) groups is 1. The highest BCUT2D eigenvalue weighted by Gasteiger charge is 2.07. The second-order valence-electron chi connectivity index (χ2n) is 3.85. The number of aliphatic hydroxyl groups excluding tert-OH is 1. The minimum atomic E-state index is -0.436. The molecule has 0 aliphatic rings. The van der Waals surface area contributed by atoms with Gasteiger partial charge in [0.25, 0.3) is 0 Å². The molecule has 2 N–H and O–H groups in total. The molecule has 16 heavy (non-hydrogen) atoms. The lowest BCUT2D eigenvalue weighted by atomic mass is 10.2. The average Bonchev–Trinajstić information content (AvgIpc) is 2.22. The molecule has 0 aliphatic heterocycles. The predicted octanol–water partition coefficient (Wildman–Crippen LogP) is 2.86. The van der Waals surface area contributed by atoms with Gasteiger partial charge in [0.1, 0.15) is 0 Å². The van der Waals surface area contributed by atoms with Gasteiger partial charge in [0.05, 0.1) is 6.10 Å². The molecule has 0 spiro atoms. The summed E-state index contributed by atoms with van der Waals surface area (Å²) in [5, 5.41) is 11.9. The third-order valence-corrected chi connectivity index (χ3v) is 3.19. The molecule has 0 saturated heterocycles. The summed E-state index contributed by atoms with van der Waals surface area (Å²) in [7, 11) is 0. The summed E-state index contributed by atoms with van der Waals surface area (Å²) in [5.74, 6) is -0.0675. The molecule has 0 aromatic heterocycles. The van der Waals surface area contributed by atoms with Crippen LogP contribution in [0.1, 0.15) is 25.3 Å². The number of aliphatic hydroxyl groups is 1. The third kappa shape index (κ3) is 3.94. The molecule has 1 aromatic rings. The van der Waals surface area contributed by atoms with Crippen LogP contribution < -0.4 is 5.32 Å². The van der Waals surface area contributed by atoms with Crippen LogP contribution in [0.3, 0.4) is 0 Å². The van der Waals surface area contributed by atoms with Crippen molar-refractivity contribution in [2.45, 2.75) is 32.8 Å². The average molecular weight is 286 g/mol. The molecule has 1 amide bonds. The Morgan fingerprint density at radius 3 is 2.88 bits per heavy atom. The number of carbonyl (C=O) groups excluding carboxylic acids is 1. The van der Waals surface area contributed by atoms with Gasteiger partial charge in [-0.2, -0.15) is 0 Å². The maximum atomic E-state index is 11.5. The molecule has 3 nitrogen and oxygen atoms in total. The van der Waals surface area contributed by atoms with Crippen LogP contribution in [0.15, 0.2) is 22.7 Å². The number of nitrogens with one attached hydrogen (secondary N) is 1. The van der Waals surface area contributed by atoms with E-state index in [9.17, 15) is 4.79 Å². The number of hydrogen-bond donors (Lipinski definition) is 2. The molecule has 0 radical (unpaired) electrons. The molecule has 1 rings (SSSR count). The number of benzene rings is 1. The van der Waals surface area contributed by atoms with Crippen molar-refractivity contribution < 1.29 is 9.90 Å². The molecule has 0 heterocycles. The summed E-state index contributed by atoms with van der Waals surface area (Å²) in [6.45, 7) is 3.62. The highest BCUT2D eigenvalue weighted by molar-refractivity contribution is 9.10. The van der Waals surface area contributed by atoms with Gasteiger partial charge in [-0.1, -0.05) is 22.0 Å². The Kier molecular flexibility index (Phi) is 4.96. The topological polar surface area (TPSA) is 49.3 Å². The fraction of sp³-hybridized carbons (Fsp3) is 0.417. The van der Waals surface area contributed by atoms with Crippen molar-refractivity contribution in [1.82, 2.24) is 0 Å². The van der Waals surface area contributed by atoms with Gasteiger partial charge in [-0.25, -0.2) is 0 Å². The van der Waals surface area contributed by atoms with Crippen molar-refractivity contribution in [3.05, 3.63) is 28.2 Å². The molecule has 88 valence electrons. The van der Waals surface area contributed by atoms with Crippen molar-refractivity contribution in [1.29, 1.82) is 0 Å². The minimum absolute atomic E-state index is 0.0675. The van der Waals surface area contributed by atoms with Crippen LogP contribution >= 0.6 is 15.9 Å². The lowest BCUT2D eigenvalue weighted by Crippen LogP contribution is -2.14. The van der Waals surface area contributed by atoms with Crippen LogP contribution in [0, 0.1) is 6.92 Å². The number of anilines is 1. The van der Waals surface area contributed by atoms with Crippen molar-refractivity contribution in [2.24, 2.45) is 0 Å². The first-order valence-corrected chi connectivity index (χ1v) is 6.03. The van der Waals surface area contributed by atoms with E-state index in [1.807, 2.05) is 25.1 Å². The summed E-state index contributed by atoms with van der Waals surface area (Å²) in [6, 6.07) is 5.67. The maximum absolute atomic E-state index is 11.5. The van der Waals surface area contributed by atoms with E-state index in [-0.39, 0.29) is 5.91 Å². The summed E-state index contributed by atoms with van der Waals surface area (Å²) in [6.07, 6.45) is 0.386. The van der Waals surface area contributed by atoms with Crippen molar-refractivity contribution in [3.8, 4) is 0 Å². The molecule has 1 unspecified atom stereocenters. The van der Waals surface area contributed by atoms with E-state index < -0.39 is 6.10 Å². The number of hydrogen-bond acceptors (Lipinski definition) is 2. The molecular formula is C12H16BrNO2. The van der Waals surface area contributed by atoms with E-state index >= 15 is 0 Å². The summed E-state index contributed by atoms with van der Waals surface area (Å²) in [4.78, 5) is 11.5. The second-order valence-corrected chi connectivity index (χ2v) is 4.70. The molecule has 1 atom stereocenters. The first kappa shape index (κ1) is 13.2. The quantitative estimate of drug-likeness (QED) is 0.894. The van der Waals surface area contributed by atoms with Crippen LogP contribution in [-0.2, 0) is 4.79 Å². The van der Waals surface area contributed by atoms with Crippen LogP contribution in [0.25, 0.3) is 0 Å². The van der Waals surface area contributed by atoms with Crippen LogP contribution in [0.5, 0.6) is 0 Å². The molecule has 1 aromatic carbocycles. The molecule has 0 fully saturated rings. The van der Waals surface area contributed by atoms with Crippen LogP contribution in [-0.4, -0.2) is 17.1 Å². The fourth-order valence-electron chi connectivity index (χ4n) is 1.30. The largest absolute Gasteiger partial charge is 0.393 e. The first-order chi connectivity index (χ1) is 7.50. The first-order valence-electron chi connectivity index (χ1n) is 5.23. The van der Waals surface area contributed by atoms with E-state index in [0.717, 1.165) is 15.7 Å². The Labute approximate surface area is 104 Å². The Balaban J connectivity index is 2.59. The molecule has 0 bridgehead atoms. The zero-order valence-corrected chi connectivity index (χ0v) is 11.0. The third-order valence-electron chi connectivity index (χ3n) is 2.33. The Morgan fingerprint density at radius 1 is 1.56 bits per heavy atom. The SMILES string of the molecule is Cc1c(Br)cccc1NC(=O)CCC(C)O. The van der Waals surface area contributed by atoms with Gasteiger partial charge in [-0.05, 0) is 38.0 Å². The molecule has 0 aliphatic carbocycles. The van der Waals surface area contributed by atoms with Gasteiger partial charge in [0.15, 0.2) is 0 Å². The number of halogens is 1. The molecule has 4 heteroatoms. The van der Waals surface area contributed by atoms with E-state index in [0.29, 0.717) is 12.8 Å². The highest BCUT2D eigenvalue weighted by Crippen LogP contribution is 2.23. The second kappa shape index (κ2) is 6.01. The fourth-order valence-corrected chi connectivity index (χ4v) is 1.66. The van der Waals surface area contributed by atoms with Gasteiger partial charge >= 0.3 is 0 Å². The lowest BCUT2D eigenvalue weighted by Gasteiger charge is -2.10. The normalized spacial score (nSPS) is 12.2. The number of rotatable bonds is 4. The smallest absolute Gasteiger partial charge is 0.224 e. The minimum Gasteiger partial charge on any atom is -0.393 e. The van der Waals surface area contributed by atoms with Gasteiger partial charge in [0.2, 0.25) is 5.91 Å². The Morgan fingerprint density at radius 2 is 2.25 bits per heavy atom. The van der Waals surface area contributed by atoms with E-state index in [4.69, 9.17) is 5.11 Å². The zero-order valence-electron chi connectivity index (χ0n) is 9.46. The van der Waals surface area contributed by atoms with Crippen molar-refractivity contribution in [2.75, 3.05) is 5.32 Å². The molecule has 0 saturated carbocycles. The van der Waals surface area contributed by atoms with Crippen molar-refractivity contribution in [3.63, 3.8) is 0 Å².